The van der Waals surface area contributed by atoms with E-state index < -0.39 is 5.91 Å². The smallest absolute Gasteiger partial charge is 0.248 e. The quantitative estimate of drug-likeness (QED) is 0.502. The summed E-state index contributed by atoms with van der Waals surface area (Å²) in [5, 5.41) is 9.82. The number of nitrogens with two attached hydrogens (primary N) is 1. The van der Waals surface area contributed by atoms with Gasteiger partial charge in [-0.25, -0.2) is 4.98 Å². The number of primary amides is 1. The Morgan fingerprint density at radius 1 is 1.27 bits per heavy atom. The van der Waals surface area contributed by atoms with E-state index in [9.17, 15) is 9.59 Å². The molecule has 30 heavy (non-hydrogen) atoms. The number of nitrogens with one attached hydrogen (secondary N) is 3. The highest BCUT2D eigenvalue weighted by atomic mass is 35.5. The summed E-state index contributed by atoms with van der Waals surface area (Å²) < 4.78 is 0. The summed E-state index contributed by atoms with van der Waals surface area (Å²) in [6, 6.07) is 5.07. The molecule has 1 heterocycles. The van der Waals surface area contributed by atoms with Crippen molar-refractivity contribution < 1.29 is 9.59 Å². The van der Waals surface area contributed by atoms with E-state index in [1.54, 1.807) is 18.2 Å². The Kier molecular flexibility index (Phi) is 6.89. The van der Waals surface area contributed by atoms with Crippen molar-refractivity contribution in [2.24, 2.45) is 5.73 Å². The molecule has 1 aromatic heterocycles. The Morgan fingerprint density at radius 3 is 2.70 bits per heavy atom. The van der Waals surface area contributed by atoms with Gasteiger partial charge < -0.3 is 21.7 Å². The van der Waals surface area contributed by atoms with Crippen LogP contribution in [0, 0.1) is 6.92 Å². The lowest BCUT2D eigenvalue weighted by Crippen LogP contribution is -2.48. The van der Waals surface area contributed by atoms with E-state index >= 15 is 0 Å². The van der Waals surface area contributed by atoms with Crippen LogP contribution in [0.15, 0.2) is 37.1 Å². The third-order valence-corrected chi connectivity index (χ3v) is 5.39. The van der Waals surface area contributed by atoms with Crippen LogP contribution in [0.5, 0.6) is 0 Å². The molecule has 1 fully saturated rings. The van der Waals surface area contributed by atoms with E-state index in [4.69, 9.17) is 17.3 Å². The molecule has 2 atom stereocenters. The summed E-state index contributed by atoms with van der Waals surface area (Å²) in [6.07, 6.45) is 6.61. The number of carbonyl (C=O) groups excluding carboxylic acids is 2. The van der Waals surface area contributed by atoms with E-state index in [2.05, 4.69) is 32.5 Å². The third-order valence-electron chi connectivity index (χ3n) is 5.11. The normalized spacial score (nSPS) is 18.3. The van der Waals surface area contributed by atoms with Gasteiger partial charge in [-0.05, 0) is 43.5 Å². The van der Waals surface area contributed by atoms with E-state index in [1.807, 2.05) is 6.92 Å². The average Bonchev–Trinajstić information content (AvgIpc) is 2.73. The van der Waals surface area contributed by atoms with Crippen LogP contribution in [0.1, 0.15) is 41.6 Å². The average molecular weight is 429 g/mol. The summed E-state index contributed by atoms with van der Waals surface area (Å²) in [5.74, 6) is 0.0914. The van der Waals surface area contributed by atoms with Crippen molar-refractivity contribution in [3.05, 3.63) is 53.2 Å². The molecule has 1 aliphatic carbocycles. The van der Waals surface area contributed by atoms with Gasteiger partial charge in [0.05, 0.1) is 6.20 Å². The van der Waals surface area contributed by atoms with Crippen LogP contribution >= 0.6 is 11.6 Å². The minimum absolute atomic E-state index is 0.0113. The van der Waals surface area contributed by atoms with Crippen molar-refractivity contribution >= 4 is 40.9 Å². The molecule has 2 aromatic rings. The zero-order valence-corrected chi connectivity index (χ0v) is 17.5. The number of hydrogen-bond acceptors (Lipinski definition) is 6. The predicted molar refractivity (Wildman–Crippen MR) is 118 cm³/mol. The van der Waals surface area contributed by atoms with Crippen molar-refractivity contribution in [3.8, 4) is 0 Å². The van der Waals surface area contributed by atoms with Crippen molar-refractivity contribution in [2.75, 3.05) is 10.6 Å². The van der Waals surface area contributed by atoms with Crippen LogP contribution in [-0.4, -0.2) is 33.9 Å². The molecule has 9 heteroatoms. The van der Waals surface area contributed by atoms with Gasteiger partial charge in [0.1, 0.15) is 5.02 Å². The van der Waals surface area contributed by atoms with E-state index in [0.29, 0.717) is 28.0 Å². The zero-order valence-electron chi connectivity index (χ0n) is 16.7. The molecule has 0 aliphatic heterocycles. The first-order chi connectivity index (χ1) is 14.4. The van der Waals surface area contributed by atoms with Gasteiger partial charge in [-0.1, -0.05) is 37.1 Å². The van der Waals surface area contributed by atoms with Gasteiger partial charge >= 0.3 is 0 Å². The lowest BCUT2D eigenvalue weighted by molar-refractivity contribution is -0.117. The largest absolute Gasteiger partial charge is 0.366 e. The molecule has 0 saturated heterocycles. The molecule has 0 bridgehead atoms. The molecule has 0 spiro atoms. The van der Waals surface area contributed by atoms with Crippen LogP contribution in [0.25, 0.3) is 0 Å². The van der Waals surface area contributed by atoms with Gasteiger partial charge in [-0.3, -0.25) is 9.59 Å². The highest BCUT2D eigenvalue weighted by molar-refractivity contribution is 6.32. The first-order valence-corrected chi connectivity index (χ1v) is 10.1. The van der Waals surface area contributed by atoms with E-state index in [0.717, 1.165) is 31.2 Å². The second-order valence-electron chi connectivity index (χ2n) is 7.26. The van der Waals surface area contributed by atoms with Gasteiger partial charge in [-0.2, -0.15) is 4.98 Å². The third kappa shape index (κ3) is 5.27. The molecule has 158 valence electrons. The lowest BCUT2D eigenvalue weighted by atomic mass is 9.90. The summed E-state index contributed by atoms with van der Waals surface area (Å²) in [7, 11) is 0. The summed E-state index contributed by atoms with van der Waals surface area (Å²) in [5.41, 5.74) is 7.34. The van der Waals surface area contributed by atoms with Crippen LogP contribution in [-0.2, 0) is 4.79 Å². The number of hydrogen-bond donors (Lipinski definition) is 4. The van der Waals surface area contributed by atoms with Crippen LogP contribution in [0.2, 0.25) is 5.02 Å². The molecule has 5 N–H and O–H groups in total. The molecular formula is C21H25ClN6O2. The highest BCUT2D eigenvalue weighted by Gasteiger charge is 2.27. The first kappa shape index (κ1) is 21.6. The van der Waals surface area contributed by atoms with Crippen molar-refractivity contribution in [3.63, 3.8) is 0 Å². The molecule has 2 amide bonds. The Hall–Kier alpha value is -3.13. The molecule has 2 unspecified atom stereocenters. The SMILES string of the molecule is C=CC(=O)NC1CCCCC1Nc1nc(Nc2cc(C(N)=O)ccc2C)ncc1Cl. The first-order valence-electron chi connectivity index (χ1n) is 9.77. The maximum absolute atomic E-state index is 11.8. The van der Waals surface area contributed by atoms with Crippen molar-refractivity contribution in [2.45, 2.75) is 44.7 Å². The number of rotatable bonds is 7. The minimum atomic E-state index is -0.512. The minimum Gasteiger partial charge on any atom is -0.366 e. The Morgan fingerprint density at radius 2 is 2.00 bits per heavy atom. The number of nitrogens with zero attached hydrogens (tertiary/aromatic N) is 2. The van der Waals surface area contributed by atoms with Gasteiger partial charge in [0.25, 0.3) is 0 Å². The molecule has 3 rings (SSSR count). The molecule has 1 aromatic carbocycles. The summed E-state index contributed by atoms with van der Waals surface area (Å²) in [4.78, 5) is 32.0. The highest BCUT2D eigenvalue weighted by Crippen LogP contribution is 2.27. The van der Waals surface area contributed by atoms with E-state index in [-0.39, 0.29) is 18.0 Å². The van der Waals surface area contributed by atoms with Crippen molar-refractivity contribution in [1.82, 2.24) is 15.3 Å². The molecule has 1 saturated carbocycles. The summed E-state index contributed by atoms with van der Waals surface area (Å²) >= 11 is 6.32. The van der Waals surface area contributed by atoms with Crippen molar-refractivity contribution in [1.29, 1.82) is 0 Å². The number of anilines is 3. The number of aryl methyl sites for hydroxylation is 1. The van der Waals surface area contributed by atoms with Crippen LogP contribution < -0.4 is 21.7 Å². The van der Waals surface area contributed by atoms with E-state index in [1.165, 1.54) is 12.3 Å². The Labute approximate surface area is 180 Å². The van der Waals surface area contributed by atoms with Gasteiger partial charge in [0.2, 0.25) is 17.8 Å². The fraction of sp³-hybridized carbons (Fsp3) is 0.333. The number of amides is 2. The predicted octanol–water partition coefficient (Wildman–Crippen LogP) is 3.31. The Bertz CT molecular complexity index is 965. The topological polar surface area (TPSA) is 122 Å². The second kappa shape index (κ2) is 9.58. The summed E-state index contributed by atoms with van der Waals surface area (Å²) in [6.45, 7) is 5.41. The maximum Gasteiger partial charge on any atom is 0.248 e. The fourth-order valence-electron chi connectivity index (χ4n) is 3.45. The van der Waals surface area contributed by atoms with Crippen LogP contribution in [0.3, 0.4) is 0 Å². The molecule has 0 radical (unpaired) electrons. The number of benzene rings is 1. The van der Waals surface area contributed by atoms with Gasteiger partial charge in [0, 0.05) is 23.3 Å². The monoisotopic (exact) mass is 428 g/mol. The fourth-order valence-corrected chi connectivity index (χ4v) is 3.60. The van der Waals surface area contributed by atoms with Crippen LogP contribution in [0.4, 0.5) is 17.5 Å². The number of aromatic nitrogens is 2. The molecule has 8 nitrogen and oxygen atoms in total. The zero-order chi connectivity index (χ0) is 21.7. The standard InChI is InChI=1S/C21H25ClN6O2/c1-3-18(29)25-15-6-4-5-7-16(15)26-20-14(22)11-24-21(28-20)27-17-10-13(19(23)30)9-8-12(17)2/h3,8-11,15-16H,1,4-7H2,2H3,(H2,23,30)(H,25,29)(H2,24,26,27,28). The number of halogens is 1. The van der Waals surface area contributed by atoms with Gasteiger partial charge in [0.15, 0.2) is 5.82 Å². The molecular weight excluding hydrogens is 404 g/mol. The second-order valence-corrected chi connectivity index (χ2v) is 7.67. The Balaban J connectivity index is 1.80. The molecule has 1 aliphatic rings. The lowest BCUT2D eigenvalue weighted by Gasteiger charge is -2.33. The van der Waals surface area contributed by atoms with Gasteiger partial charge in [-0.15, -0.1) is 0 Å². The number of carbonyl (C=O) groups is 2. The maximum atomic E-state index is 11.8.